The van der Waals surface area contributed by atoms with Crippen molar-refractivity contribution in [1.29, 1.82) is 0 Å². The highest BCUT2D eigenvalue weighted by Crippen LogP contribution is 2.21. The molecule has 0 aliphatic rings. The van der Waals surface area contributed by atoms with Gasteiger partial charge in [-0.1, -0.05) is 79.3 Å². The van der Waals surface area contributed by atoms with Gasteiger partial charge >= 0.3 is 0 Å². The lowest BCUT2D eigenvalue weighted by atomic mass is 10.0. The van der Waals surface area contributed by atoms with Crippen molar-refractivity contribution in [3.05, 3.63) is 125 Å². The molecule has 2 amide bonds. The van der Waals surface area contributed by atoms with E-state index in [1.165, 1.54) is 0 Å². The predicted molar refractivity (Wildman–Crippen MR) is 190 cm³/mol. The molecule has 0 atom stereocenters. The summed E-state index contributed by atoms with van der Waals surface area (Å²) in [4.78, 5) is 37.5. The van der Waals surface area contributed by atoms with Crippen molar-refractivity contribution in [2.24, 2.45) is 0 Å². The van der Waals surface area contributed by atoms with E-state index in [-0.39, 0.29) is 17.6 Å². The second kappa shape index (κ2) is 22.4. The van der Waals surface area contributed by atoms with Gasteiger partial charge in [-0.25, -0.2) is 0 Å². The zero-order valence-corrected chi connectivity index (χ0v) is 28.2. The number of ether oxygens (including phenoxy) is 1. The van der Waals surface area contributed by atoms with Crippen molar-refractivity contribution < 1.29 is 19.1 Å². The van der Waals surface area contributed by atoms with Crippen LogP contribution in [0.5, 0.6) is 5.75 Å². The molecule has 6 nitrogen and oxygen atoms in total. The Kier molecular flexibility index (Phi) is 18.5. The second-order valence-corrected chi connectivity index (χ2v) is 11.6. The molecule has 0 heterocycles. The maximum absolute atomic E-state index is 12.7. The van der Waals surface area contributed by atoms with Gasteiger partial charge in [0, 0.05) is 35.7 Å². The van der Waals surface area contributed by atoms with Crippen molar-refractivity contribution in [3.63, 3.8) is 0 Å². The van der Waals surface area contributed by atoms with Crippen LogP contribution in [0.15, 0.2) is 109 Å². The summed E-state index contributed by atoms with van der Waals surface area (Å²) in [5.74, 6) is -0.00290. The molecule has 0 aromatic heterocycles. The number of carbonyl (C=O) groups is 3. The van der Waals surface area contributed by atoms with Crippen molar-refractivity contribution in [2.45, 2.75) is 77.7 Å². The van der Waals surface area contributed by atoms with Crippen molar-refractivity contribution in [1.82, 2.24) is 10.6 Å². The average molecular weight is 645 g/mol. The third kappa shape index (κ3) is 16.2. The molecular formula is C39H49ClN2O4. The van der Waals surface area contributed by atoms with E-state index in [9.17, 15) is 14.4 Å². The Morgan fingerprint density at radius 1 is 0.696 bits per heavy atom. The number of halogens is 1. The van der Waals surface area contributed by atoms with E-state index >= 15 is 0 Å². The molecule has 0 saturated carbocycles. The number of rotatable bonds is 21. The van der Waals surface area contributed by atoms with E-state index in [1.807, 2.05) is 0 Å². The molecule has 0 saturated heterocycles. The normalized spacial score (nSPS) is 12.2. The lowest BCUT2D eigenvalue weighted by Gasteiger charge is -2.25. The molecule has 7 heteroatoms. The molecule has 46 heavy (non-hydrogen) atoms. The molecule has 0 bridgehead atoms. The Hall–Kier alpha value is -4.16. The summed E-state index contributed by atoms with van der Waals surface area (Å²) in [6.07, 6.45) is 28.6. The summed E-state index contributed by atoms with van der Waals surface area (Å²) in [5, 5.41) is 6.22. The van der Waals surface area contributed by atoms with Gasteiger partial charge < -0.3 is 15.4 Å². The number of amides is 2. The van der Waals surface area contributed by atoms with E-state index in [1.54, 1.807) is 62.4 Å². The van der Waals surface area contributed by atoms with Crippen LogP contribution in [-0.4, -0.2) is 36.3 Å². The number of nitrogens with one attached hydrogen (secondary N) is 2. The van der Waals surface area contributed by atoms with Crippen LogP contribution in [-0.2, 0) is 9.59 Å². The number of carbonyl (C=O) groups excluding carboxylic acids is 3. The van der Waals surface area contributed by atoms with Gasteiger partial charge in [-0.05, 0) is 107 Å². The van der Waals surface area contributed by atoms with Gasteiger partial charge in [0.15, 0.2) is 11.4 Å². The minimum atomic E-state index is -1.15. The van der Waals surface area contributed by atoms with Crippen LogP contribution < -0.4 is 15.4 Å². The molecule has 2 aromatic carbocycles. The van der Waals surface area contributed by atoms with Crippen molar-refractivity contribution >= 4 is 29.2 Å². The molecule has 2 N–H and O–H groups in total. The summed E-state index contributed by atoms with van der Waals surface area (Å²) in [7, 11) is 0. The van der Waals surface area contributed by atoms with Crippen LogP contribution in [0.1, 0.15) is 88.1 Å². The first-order valence-corrected chi connectivity index (χ1v) is 16.5. The third-order valence-electron chi connectivity index (χ3n) is 6.81. The highest BCUT2D eigenvalue weighted by molar-refractivity contribution is 6.30. The maximum atomic E-state index is 12.7. The Morgan fingerprint density at radius 3 is 1.72 bits per heavy atom. The monoisotopic (exact) mass is 644 g/mol. The average Bonchev–Trinajstić information content (AvgIpc) is 3.04. The van der Waals surface area contributed by atoms with Gasteiger partial charge in [-0.15, -0.1) is 0 Å². The largest absolute Gasteiger partial charge is 0.478 e. The summed E-state index contributed by atoms with van der Waals surface area (Å²) in [6, 6.07) is 13.4. The maximum Gasteiger partial charge on any atom is 0.263 e. The Morgan fingerprint density at radius 2 is 1.17 bits per heavy atom. The molecule has 246 valence electrons. The molecular weight excluding hydrogens is 596 g/mol. The van der Waals surface area contributed by atoms with Crippen molar-refractivity contribution in [3.8, 4) is 5.75 Å². The van der Waals surface area contributed by atoms with Gasteiger partial charge in [0.1, 0.15) is 5.75 Å². The first-order chi connectivity index (χ1) is 22.2. The fourth-order valence-electron chi connectivity index (χ4n) is 4.21. The van der Waals surface area contributed by atoms with E-state index < -0.39 is 5.60 Å². The fourth-order valence-corrected chi connectivity index (χ4v) is 4.34. The van der Waals surface area contributed by atoms with Crippen molar-refractivity contribution in [2.75, 3.05) is 13.1 Å². The number of benzene rings is 2. The smallest absolute Gasteiger partial charge is 0.263 e. The molecule has 0 aliphatic carbocycles. The highest BCUT2D eigenvalue weighted by Gasteiger charge is 2.29. The first-order valence-electron chi connectivity index (χ1n) is 16.1. The lowest BCUT2D eigenvalue weighted by molar-refractivity contribution is -0.134. The van der Waals surface area contributed by atoms with Gasteiger partial charge in [-0.3, -0.25) is 14.4 Å². The van der Waals surface area contributed by atoms with Gasteiger partial charge in [0.05, 0.1) is 0 Å². The zero-order chi connectivity index (χ0) is 33.5. The molecule has 2 rings (SSSR count). The SMILES string of the molecule is CC/C=C\C/C=C\C/C=C\C/C=C\C/C=C\CCCC(=O)NCCNC(=O)C(C)(C)Oc1ccc(C(=O)c2ccc(Cl)cc2)cc1. The van der Waals surface area contributed by atoms with Crippen LogP contribution in [0.2, 0.25) is 5.02 Å². The van der Waals surface area contributed by atoms with Crippen LogP contribution in [0.25, 0.3) is 0 Å². The second-order valence-electron chi connectivity index (χ2n) is 11.2. The summed E-state index contributed by atoms with van der Waals surface area (Å²) >= 11 is 5.90. The molecule has 0 aliphatic heterocycles. The Balaban J connectivity index is 1.55. The Labute approximate surface area is 280 Å². The highest BCUT2D eigenvalue weighted by atomic mass is 35.5. The summed E-state index contributed by atoms with van der Waals surface area (Å²) in [5.41, 5.74) is -0.104. The third-order valence-corrected chi connectivity index (χ3v) is 7.06. The van der Waals surface area contributed by atoms with Gasteiger partial charge in [-0.2, -0.15) is 0 Å². The molecule has 0 unspecified atom stereocenters. The topological polar surface area (TPSA) is 84.5 Å². The summed E-state index contributed by atoms with van der Waals surface area (Å²) < 4.78 is 5.90. The quantitative estimate of drug-likeness (QED) is 0.0807. The van der Waals surface area contributed by atoms with E-state index in [2.05, 4.69) is 78.3 Å². The number of ketones is 1. The minimum absolute atomic E-state index is 0.0367. The minimum Gasteiger partial charge on any atom is -0.478 e. The molecule has 0 fully saturated rings. The molecule has 0 spiro atoms. The molecule has 2 aromatic rings. The Bertz CT molecular complexity index is 1350. The van der Waals surface area contributed by atoms with Gasteiger partial charge in [0.2, 0.25) is 5.91 Å². The number of unbranched alkanes of at least 4 members (excludes halogenated alkanes) is 1. The number of hydrogen-bond acceptors (Lipinski definition) is 4. The van der Waals surface area contributed by atoms with Crippen LogP contribution in [0.4, 0.5) is 0 Å². The van der Waals surface area contributed by atoms with E-state index in [0.29, 0.717) is 41.4 Å². The predicted octanol–water partition coefficient (Wildman–Crippen LogP) is 8.88. The lowest BCUT2D eigenvalue weighted by Crippen LogP contribution is -2.48. The van der Waals surface area contributed by atoms with Gasteiger partial charge in [0.25, 0.3) is 5.91 Å². The van der Waals surface area contributed by atoms with E-state index in [4.69, 9.17) is 16.3 Å². The van der Waals surface area contributed by atoms with Crippen LogP contribution in [0, 0.1) is 0 Å². The summed E-state index contributed by atoms with van der Waals surface area (Å²) in [6.45, 7) is 6.11. The molecule has 0 radical (unpaired) electrons. The first kappa shape index (κ1) is 38.0. The van der Waals surface area contributed by atoms with Crippen LogP contribution in [0.3, 0.4) is 0 Å². The zero-order valence-electron chi connectivity index (χ0n) is 27.5. The van der Waals surface area contributed by atoms with Crippen LogP contribution >= 0.6 is 11.6 Å². The number of allylic oxidation sites excluding steroid dienone is 10. The number of hydrogen-bond donors (Lipinski definition) is 2. The fraction of sp³-hybridized carbons (Fsp3) is 0.359. The van der Waals surface area contributed by atoms with E-state index in [0.717, 1.165) is 44.9 Å². The standard InChI is InChI=1S/C39H49ClN2O4/c1-4-5-6-7-8-9-10-11-12-13-14-15-16-17-18-19-20-21-36(43)41-30-31-42-38(45)39(2,3)46-35-28-24-33(25-29-35)37(44)32-22-26-34(40)27-23-32/h5-6,8-9,11-12,14-15,17-18,22-29H,4,7,10,13,16,19-21,30-31H2,1-3H3,(H,41,43)(H,42,45)/b6-5-,9-8-,12-11-,15-14-,18-17-.